The number of aliphatic hydroxyl groups is 1. The van der Waals surface area contributed by atoms with Crippen molar-refractivity contribution in [1.82, 2.24) is 0 Å². The molecule has 0 saturated heterocycles. The summed E-state index contributed by atoms with van der Waals surface area (Å²) in [6, 6.07) is 17.5. The van der Waals surface area contributed by atoms with E-state index < -0.39 is 0 Å². The minimum atomic E-state index is 0.411. The number of benzene rings is 2. The fourth-order valence-electron chi connectivity index (χ4n) is 3.80. The monoisotopic (exact) mass is 524 g/mol. The van der Waals surface area contributed by atoms with Crippen molar-refractivity contribution in [2.45, 2.75) is 92.9 Å². The number of hydrogen-bond acceptors (Lipinski definition) is 3. The smallest absolute Gasteiger partial charge is 0.119 e. The lowest BCUT2D eigenvalue weighted by Crippen LogP contribution is -2.00. The van der Waals surface area contributed by atoms with Crippen molar-refractivity contribution in [3.63, 3.8) is 0 Å². The third-order valence-corrected chi connectivity index (χ3v) is 5.59. The van der Waals surface area contributed by atoms with E-state index in [9.17, 15) is 0 Å². The molecule has 0 radical (unpaired) electrons. The predicted molar refractivity (Wildman–Crippen MR) is 170 cm³/mol. The van der Waals surface area contributed by atoms with Crippen LogP contribution in [0, 0.1) is 0 Å². The number of hydrogen-bond donors (Lipinski definition) is 1. The molecule has 2 aromatic rings. The van der Waals surface area contributed by atoms with Crippen LogP contribution >= 0.6 is 0 Å². The second-order valence-electron chi connectivity index (χ2n) is 7.75. The number of allylic oxidation sites excluding steroid dienone is 5. The number of aliphatic hydroxyl groups excluding tert-OH is 1. The molecule has 2 rings (SSSR count). The Hall–Kier alpha value is -2.91. The number of ether oxygens (including phenoxy) is 1. The Balaban J connectivity index is -0.00000140. The van der Waals surface area contributed by atoms with Gasteiger partial charge in [-0.3, -0.25) is 0 Å². The molecular weight excluding hydrogens is 468 g/mol. The van der Waals surface area contributed by atoms with E-state index in [1.54, 1.807) is 0 Å². The van der Waals surface area contributed by atoms with Crippen LogP contribution in [0.3, 0.4) is 0 Å². The molecule has 0 amide bonds. The normalized spacial score (nSPS) is 10.7. The molecule has 214 valence electrons. The molecule has 3 heteroatoms. The lowest BCUT2D eigenvalue weighted by molar-refractivity contribution is -0.0980. The van der Waals surface area contributed by atoms with Gasteiger partial charge in [0, 0.05) is 13.0 Å². The average Bonchev–Trinajstić information content (AvgIpc) is 3.01. The van der Waals surface area contributed by atoms with E-state index in [0.717, 1.165) is 32.3 Å². The molecule has 1 atom stereocenters. The standard InChI is InChI=1S/C29H38O.2C2H6.CH4O.CH2O/c1-5-9-11-12-13-23-30-28-21-19-26(20-22-28)25-15-17-27(18-16-25)29(8-4)24(7-3)14-10-6-2;4*1-2/h6-7,10,14-22,29H,2,5,8-9,11-13,23H2,1,3-4H3;2*1-2H3;2H,1H3;1H2/b14-10-,24-7+;;;;. The van der Waals surface area contributed by atoms with Gasteiger partial charge in [0.15, 0.2) is 0 Å². The van der Waals surface area contributed by atoms with Gasteiger partial charge < -0.3 is 14.6 Å². The summed E-state index contributed by atoms with van der Waals surface area (Å²) in [5.74, 6) is 1.37. The molecule has 0 heterocycles. The second-order valence-corrected chi connectivity index (χ2v) is 7.75. The molecule has 0 aromatic heterocycles. The van der Waals surface area contributed by atoms with Gasteiger partial charge in [0.05, 0.1) is 6.61 Å². The highest BCUT2D eigenvalue weighted by Crippen LogP contribution is 2.31. The maximum absolute atomic E-state index is 8.00. The molecule has 1 unspecified atom stereocenters. The Morgan fingerprint density at radius 1 is 0.842 bits per heavy atom. The van der Waals surface area contributed by atoms with Crippen LogP contribution in [-0.4, -0.2) is 25.6 Å². The highest BCUT2D eigenvalue weighted by molar-refractivity contribution is 5.64. The summed E-state index contributed by atoms with van der Waals surface area (Å²) >= 11 is 0. The first kappa shape index (κ1) is 39.6. The molecular formula is C35H56O3. The number of unbranched alkanes of at least 4 members (excludes halogenated alkanes) is 4. The lowest BCUT2D eigenvalue weighted by atomic mass is 9.87. The quantitative estimate of drug-likeness (QED) is 0.209. The highest BCUT2D eigenvalue weighted by Gasteiger charge is 2.12. The van der Waals surface area contributed by atoms with E-state index in [-0.39, 0.29) is 0 Å². The van der Waals surface area contributed by atoms with E-state index >= 15 is 0 Å². The largest absolute Gasteiger partial charge is 0.494 e. The number of carbonyl (C=O) groups is 1. The average molecular weight is 525 g/mol. The zero-order valence-corrected chi connectivity index (χ0v) is 25.6. The van der Waals surface area contributed by atoms with Crippen LogP contribution in [0.25, 0.3) is 11.1 Å². The summed E-state index contributed by atoms with van der Waals surface area (Å²) < 4.78 is 5.89. The summed E-state index contributed by atoms with van der Waals surface area (Å²) in [4.78, 5) is 8.00. The van der Waals surface area contributed by atoms with Crippen LogP contribution < -0.4 is 4.74 Å². The maximum Gasteiger partial charge on any atom is 0.119 e. The van der Waals surface area contributed by atoms with Crippen molar-refractivity contribution < 1.29 is 14.6 Å². The molecule has 0 fully saturated rings. The van der Waals surface area contributed by atoms with E-state index in [2.05, 4.69) is 88.0 Å². The van der Waals surface area contributed by atoms with E-state index in [4.69, 9.17) is 14.6 Å². The van der Waals surface area contributed by atoms with Crippen LogP contribution in [0.15, 0.2) is 85.0 Å². The Morgan fingerprint density at radius 3 is 1.79 bits per heavy atom. The van der Waals surface area contributed by atoms with Crippen molar-refractivity contribution in [3.05, 3.63) is 90.6 Å². The van der Waals surface area contributed by atoms with Crippen molar-refractivity contribution in [2.75, 3.05) is 13.7 Å². The number of rotatable bonds is 13. The van der Waals surface area contributed by atoms with Crippen molar-refractivity contribution >= 4 is 6.79 Å². The summed E-state index contributed by atoms with van der Waals surface area (Å²) in [7, 11) is 1.00. The van der Waals surface area contributed by atoms with Crippen LogP contribution in [-0.2, 0) is 4.79 Å². The van der Waals surface area contributed by atoms with Gasteiger partial charge in [-0.25, -0.2) is 0 Å². The second kappa shape index (κ2) is 30.3. The van der Waals surface area contributed by atoms with Gasteiger partial charge in [-0.15, -0.1) is 0 Å². The molecule has 0 aliphatic heterocycles. The Bertz CT molecular complexity index is 817. The van der Waals surface area contributed by atoms with Gasteiger partial charge in [-0.05, 0) is 54.2 Å². The van der Waals surface area contributed by atoms with E-state index in [1.165, 1.54) is 47.9 Å². The first-order valence-electron chi connectivity index (χ1n) is 14.3. The van der Waals surface area contributed by atoms with Crippen LogP contribution in [0.1, 0.15) is 98.5 Å². The minimum absolute atomic E-state index is 0.411. The first-order valence-corrected chi connectivity index (χ1v) is 14.3. The lowest BCUT2D eigenvalue weighted by Gasteiger charge is -2.17. The molecule has 1 N–H and O–H groups in total. The topological polar surface area (TPSA) is 46.5 Å². The summed E-state index contributed by atoms with van der Waals surface area (Å²) in [6.45, 7) is 21.2. The van der Waals surface area contributed by atoms with Crippen molar-refractivity contribution in [2.24, 2.45) is 0 Å². The van der Waals surface area contributed by atoms with Gasteiger partial charge in [-0.1, -0.05) is 135 Å². The Kier molecular flexibility index (Phi) is 31.6. The SMILES string of the molecule is C=C/C=C\C(=C/C)C(CC)c1ccc(-c2ccc(OCCCCCCC)cc2)cc1.C=O.CC.CC.CO. The van der Waals surface area contributed by atoms with Crippen molar-refractivity contribution in [1.29, 1.82) is 0 Å². The summed E-state index contributed by atoms with van der Waals surface area (Å²) in [5.41, 5.74) is 5.15. The molecule has 2 aromatic carbocycles. The first-order chi connectivity index (χ1) is 18.7. The van der Waals surface area contributed by atoms with Crippen LogP contribution in [0.2, 0.25) is 0 Å². The van der Waals surface area contributed by atoms with E-state index in [0.29, 0.717) is 5.92 Å². The van der Waals surface area contributed by atoms with Gasteiger partial charge >= 0.3 is 0 Å². The van der Waals surface area contributed by atoms with Crippen LogP contribution in [0.5, 0.6) is 5.75 Å². The Labute approximate surface area is 235 Å². The molecule has 0 bridgehead atoms. The third kappa shape index (κ3) is 16.8. The number of carbonyl (C=O) groups excluding carboxylic acids is 1. The van der Waals surface area contributed by atoms with Crippen LogP contribution in [0.4, 0.5) is 0 Å². The fraction of sp³-hybridized carbons (Fsp3) is 0.457. The molecule has 0 saturated carbocycles. The molecule has 0 spiro atoms. The van der Waals surface area contributed by atoms with Crippen molar-refractivity contribution in [3.8, 4) is 16.9 Å². The predicted octanol–water partition coefficient (Wildman–Crippen LogP) is 10.4. The summed E-state index contributed by atoms with van der Waals surface area (Å²) in [6.07, 6.45) is 15.6. The van der Waals surface area contributed by atoms with Gasteiger partial charge in [0.25, 0.3) is 0 Å². The molecule has 3 nitrogen and oxygen atoms in total. The zero-order valence-electron chi connectivity index (χ0n) is 25.6. The molecule has 0 aliphatic rings. The summed E-state index contributed by atoms with van der Waals surface area (Å²) in [5, 5.41) is 7.00. The zero-order chi connectivity index (χ0) is 29.6. The maximum atomic E-state index is 8.00. The molecule has 38 heavy (non-hydrogen) atoms. The third-order valence-electron chi connectivity index (χ3n) is 5.59. The van der Waals surface area contributed by atoms with Gasteiger partial charge in [0.1, 0.15) is 12.5 Å². The van der Waals surface area contributed by atoms with Gasteiger partial charge in [0.2, 0.25) is 0 Å². The van der Waals surface area contributed by atoms with E-state index in [1.807, 2.05) is 46.6 Å². The fourth-order valence-corrected chi connectivity index (χ4v) is 3.80. The minimum Gasteiger partial charge on any atom is -0.494 e. The molecule has 0 aliphatic carbocycles. The highest BCUT2D eigenvalue weighted by atomic mass is 16.5. The van der Waals surface area contributed by atoms with Gasteiger partial charge in [-0.2, -0.15) is 0 Å². The Morgan fingerprint density at radius 2 is 1.34 bits per heavy atom.